The first-order valence-electron chi connectivity index (χ1n) is 5.49. The molecule has 0 aromatic heterocycles. The SMILES string of the molecule is COCCCNC(=O)c1c(F)ccc(S(=O)(=O)Cl)c1F. The molecule has 0 bridgehead atoms. The minimum atomic E-state index is -4.40. The Labute approximate surface area is 119 Å². The molecule has 1 rings (SSSR count). The van der Waals surface area contributed by atoms with Gasteiger partial charge in [0.05, 0.1) is 0 Å². The Morgan fingerprint density at radius 2 is 2.05 bits per heavy atom. The fourth-order valence-electron chi connectivity index (χ4n) is 1.44. The summed E-state index contributed by atoms with van der Waals surface area (Å²) in [6.07, 6.45) is 0.443. The van der Waals surface area contributed by atoms with Gasteiger partial charge in [-0.05, 0) is 18.6 Å². The molecule has 9 heteroatoms. The first kappa shape index (κ1) is 16.8. The summed E-state index contributed by atoms with van der Waals surface area (Å²) in [5.74, 6) is -3.74. The second-order valence-electron chi connectivity index (χ2n) is 3.77. The van der Waals surface area contributed by atoms with Crippen LogP contribution in [0.5, 0.6) is 0 Å². The Hall–Kier alpha value is -1.25. The molecule has 0 aliphatic carbocycles. The highest BCUT2D eigenvalue weighted by Gasteiger charge is 2.25. The van der Waals surface area contributed by atoms with Crippen LogP contribution in [0.15, 0.2) is 17.0 Å². The average molecular weight is 328 g/mol. The van der Waals surface area contributed by atoms with Crippen molar-refractivity contribution in [1.29, 1.82) is 0 Å². The molecule has 112 valence electrons. The molecule has 0 fully saturated rings. The zero-order valence-electron chi connectivity index (χ0n) is 10.5. The molecule has 20 heavy (non-hydrogen) atoms. The fourth-order valence-corrected chi connectivity index (χ4v) is 2.34. The van der Waals surface area contributed by atoms with E-state index < -0.39 is 37.1 Å². The summed E-state index contributed by atoms with van der Waals surface area (Å²) in [5, 5.41) is 2.26. The van der Waals surface area contributed by atoms with Gasteiger partial charge in [0.1, 0.15) is 16.3 Å². The van der Waals surface area contributed by atoms with Crippen LogP contribution in [0.1, 0.15) is 16.8 Å². The van der Waals surface area contributed by atoms with Crippen LogP contribution in [0.2, 0.25) is 0 Å². The van der Waals surface area contributed by atoms with E-state index >= 15 is 0 Å². The van der Waals surface area contributed by atoms with Crippen LogP contribution in [0.25, 0.3) is 0 Å². The van der Waals surface area contributed by atoms with E-state index in [-0.39, 0.29) is 6.54 Å². The molecule has 1 aromatic carbocycles. The van der Waals surface area contributed by atoms with Gasteiger partial charge in [0.2, 0.25) is 0 Å². The first-order chi connectivity index (χ1) is 9.29. The van der Waals surface area contributed by atoms with Gasteiger partial charge in [-0.3, -0.25) is 4.79 Å². The maximum absolute atomic E-state index is 13.9. The zero-order valence-corrected chi connectivity index (χ0v) is 12.0. The highest BCUT2D eigenvalue weighted by molar-refractivity contribution is 8.13. The Kier molecular flexibility index (Phi) is 5.85. The third kappa shape index (κ3) is 4.12. The lowest BCUT2D eigenvalue weighted by molar-refractivity contribution is 0.0939. The maximum Gasteiger partial charge on any atom is 0.264 e. The van der Waals surface area contributed by atoms with Gasteiger partial charge in [-0.2, -0.15) is 0 Å². The molecule has 0 unspecified atom stereocenters. The van der Waals surface area contributed by atoms with Gasteiger partial charge < -0.3 is 10.1 Å². The van der Waals surface area contributed by atoms with E-state index in [0.29, 0.717) is 25.2 Å². The van der Waals surface area contributed by atoms with Crippen molar-refractivity contribution in [2.75, 3.05) is 20.3 Å². The lowest BCUT2D eigenvalue weighted by Crippen LogP contribution is -2.27. The molecule has 1 amide bonds. The topological polar surface area (TPSA) is 72.5 Å². The Balaban J connectivity index is 3.03. The van der Waals surface area contributed by atoms with Gasteiger partial charge in [0.15, 0.2) is 5.82 Å². The van der Waals surface area contributed by atoms with Crippen molar-refractivity contribution < 1.29 is 26.7 Å². The molecule has 0 heterocycles. The Bertz CT molecular complexity index is 607. The van der Waals surface area contributed by atoms with E-state index in [0.717, 1.165) is 0 Å². The Morgan fingerprint density at radius 1 is 1.40 bits per heavy atom. The van der Waals surface area contributed by atoms with E-state index in [1.54, 1.807) is 0 Å². The lowest BCUT2D eigenvalue weighted by atomic mass is 10.2. The molecule has 0 atom stereocenters. The standard InChI is InChI=1S/C11H12ClF2NO4S/c1-19-6-2-5-15-11(16)9-7(13)3-4-8(10(9)14)20(12,17)18/h3-4H,2,5-6H2,1H3,(H,15,16). The summed E-state index contributed by atoms with van der Waals surface area (Å²) in [7, 11) is 2.06. The second-order valence-corrected chi connectivity index (χ2v) is 6.31. The molecule has 1 aromatic rings. The number of ether oxygens (including phenoxy) is 1. The molecular formula is C11H12ClF2NO4S. The minimum Gasteiger partial charge on any atom is -0.385 e. The van der Waals surface area contributed by atoms with E-state index in [1.807, 2.05) is 0 Å². The summed E-state index contributed by atoms with van der Waals surface area (Å²) >= 11 is 0. The van der Waals surface area contributed by atoms with Gasteiger partial charge in [-0.25, -0.2) is 17.2 Å². The van der Waals surface area contributed by atoms with Gasteiger partial charge in [0, 0.05) is 30.9 Å². The quantitative estimate of drug-likeness (QED) is 0.637. The number of methoxy groups -OCH3 is 1. The highest BCUT2D eigenvalue weighted by Crippen LogP contribution is 2.23. The van der Waals surface area contributed by atoms with Crippen molar-refractivity contribution in [2.24, 2.45) is 0 Å². The average Bonchev–Trinajstić information content (AvgIpc) is 2.33. The number of amides is 1. The molecule has 0 aliphatic heterocycles. The summed E-state index contributed by atoms with van der Waals surface area (Å²) in [5.41, 5.74) is -0.982. The van der Waals surface area contributed by atoms with Crippen LogP contribution < -0.4 is 5.32 Å². The lowest BCUT2D eigenvalue weighted by Gasteiger charge is -2.08. The van der Waals surface area contributed by atoms with Crippen molar-refractivity contribution in [2.45, 2.75) is 11.3 Å². The highest BCUT2D eigenvalue weighted by atomic mass is 35.7. The predicted octanol–water partition coefficient (Wildman–Crippen LogP) is 1.66. The van der Waals surface area contributed by atoms with E-state index in [4.69, 9.17) is 15.4 Å². The van der Waals surface area contributed by atoms with Crippen molar-refractivity contribution in [3.63, 3.8) is 0 Å². The molecule has 0 aliphatic rings. The molecule has 5 nitrogen and oxygen atoms in total. The summed E-state index contributed by atoms with van der Waals surface area (Å²) in [6, 6.07) is 1.33. The van der Waals surface area contributed by atoms with Gasteiger partial charge >= 0.3 is 0 Å². The van der Waals surface area contributed by atoms with E-state index in [9.17, 15) is 22.0 Å². The smallest absolute Gasteiger partial charge is 0.264 e. The number of nitrogens with one attached hydrogen (secondary N) is 1. The number of rotatable bonds is 6. The number of hydrogen-bond donors (Lipinski definition) is 1. The summed E-state index contributed by atoms with van der Waals surface area (Å²) in [4.78, 5) is 10.7. The van der Waals surface area contributed by atoms with Crippen molar-refractivity contribution in [1.82, 2.24) is 5.32 Å². The van der Waals surface area contributed by atoms with Gasteiger partial charge in [-0.1, -0.05) is 0 Å². The minimum absolute atomic E-state index is 0.128. The second kappa shape index (κ2) is 6.96. The number of halogens is 3. The first-order valence-corrected chi connectivity index (χ1v) is 7.79. The third-order valence-electron chi connectivity index (χ3n) is 2.36. The predicted molar refractivity (Wildman–Crippen MR) is 68.2 cm³/mol. The van der Waals surface area contributed by atoms with Crippen LogP contribution in [0.3, 0.4) is 0 Å². The van der Waals surface area contributed by atoms with Gasteiger partial charge in [-0.15, -0.1) is 0 Å². The monoisotopic (exact) mass is 327 g/mol. The number of carbonyl (C=O) groups is 1. The largest absolute Gasteiger partial charge is 0.385 e. The van der Waals surface area contributed by atoms with Crippen LogP contribution in [0.4, 0.5) is 8.78 Å². The molecule has 0 saturated heterocycles. The molecule has 0 radical (unpaired) electrons. The van der Waals surface area contributed by atoms with Crippen LogP contribution in [-0.2, 0) is 13.8 Å². The van der Waals surface area contributed by atoms with Crippen molar-refractivity contribution >= 4 is 25.6 Å². The molecule has 0 spiro atoms. The molecule has 0 saturated carbocycles. The van der Waals surface area contributed by atoms with Crippen LogP contribution in [-0.4, -0.2) is 34.6 Å². The fraction of sp³-hybridized carbons (Fsp3) is 0.364. The maximum atomic E-state index is 13.9. The summed E-state index contributed by atoms with van der Waals surface area (Å²) in [6.45, 7) is 0.491. The summed E-state index contributed by atoms with van der Waals surface area (Å²) < 4.78 is 54.3. The normalized spacial score (nSPS) is 11.4. The third-order valence-corrected chi connectivity index (χ3v) is 3.70. The number of benzene rings is 1. The van der Waals surface area contributed by atoms with Gasteiger partial charge in [0.25, 0.3) is 15.0 Å². The molecular weight excluding hydrogens is 316 g/mol. The zero-order chi connectivity index (χ0) is 15.3. The number of carbonyl (C=O) groups excluding carboxylic acids is 1. The molecule has 1 N–H and O–H groups in total. The van der Waals surface area contributed by atoms with E-state index in [2.05, 4.69) is 5.32 Å². The van der Waals surface area contributed by atoms with Crippen molar-refractivity contribution in [3.05, 3.63) is 29.3 Å². The number of hydrogen-bond acceptors (Lipinski definition) is 4. The van der Waals surface area contributed by atoms with E-state index in [1.165, 1.54) is 7.11 Å². The Morgan fingerprint density at radius 3 is 2.60 bits per heavy atom. The van der Waals surface area contributed by atoms with Crippen LogP contribution in [0, 0.1) is 11.6 Å². The van der Waals surface area contributed by atoms with Crippen molar-refractivity contribution in [3.8, 4) is 0 Å². The van der Waals surface area contributed by atoms with Crippen LogP contribution >= 0.6 is 10.7 Å².